The molecule has 0 bridgehead atoms. The summed E-state index contributed by atoms with van der Waals surface area (Å²) in [6, 6.07) is 11.4. The first-order chi connectivity index (χ1) is 10.5. The van der Waals surface area contributed by atoms with Crippen LogP contribution in [-0.4, -0.2) is 18.3 Å². The van der Waals surface area contributed by atoms with Crippen molar-refractivity contribution in [3.05, 3.63) is 58.1 Å². The highest BCUT2D eigenvalue weighted by atomic mass is 35.5. The molecule has 6 heteroatoms. The van der Waals surface area contributed by atoms with Gasteiger partial charge in [0.25, 0.3) is 5.91 Å². The predicted molar refractivity (Wildman–Crippen MR) is 87.0 cm³/mol. The van der Waals surface area contributed by atoms with Crippen LogP contribution in [0.4, 0.5) is 5.69 Å². The summed E-state index contributed by atoms with van der Waals surface area (Å²) in [5.41, 5.74) is 1.06. The molecule has 1 amide bonds. The van der Waals surface area contributed by atoms with Crippen molar-refractivity contribution in [3.63, 3.8) is 0 Å². The van der Waals surface area contributed by atoms with Crippen LogP contribution in [0.25, 0.3) is 0 Å². The largest absolute Gasteiger partial charge is 0.484 e. The fourth-order valence-corrected chi connectivity index (χ4v) is 2.02. The monoisotopic (exact) mass is 337 g/mol. The standard InChI is InChI=1S/C16H13Cl2NO3/c1-10(20)11-3-2-4-13(7-11)22-9-16(21)19-12-5-6-14(17)15(18)8-12/h2-8H,9H2,1H3,(H,19,21). The van der Waals surface area contributed by atoms with E-state index in [9.17, 15) is 9.59 Å². The number of halogens is 2. The van der Waals surface area contributed by atoms with Crippen LogP contribution in [0.2, 0.25) is 10.0 Å². The summed E-state index contributed by atoms with van der Waals surface area (Å²) in [6.45, 7) is 1.29. The van der Waals surface area contributed by atoms with Gasteiger partial charge in [-0.25, -0.2) is 0 Å². The Bertz CT molecular complexity index is 716. The summed E-state index contributed by atoms with van der Waals surface area (Å²) in [5.74, 6) is 0.0503. The number of benzene rings is 2. The molecule has 0 aliphatic rings. The molecule has 2 aromatic rings. The third kappa shape index (κ3) is 4.48. The van der Waals surface area contributed by atoms with Crippen LogP contribution in [0.3, 0.4) is 0 Å². The van der Waals surface area contributed by atoms with Crippen molar-refractivity contribution >= 4 is 40.6 Å². The lowest BCUT2D eigenvalue weighted by Crippen LogP contribution is -2.20. The fraction of sp³-hybridized carbons (Fsp3) is 0.125. The molecule has 0 heterocycles. The van der Waals surface area contributed by atoms with Crippen molar-refractivity contribution in [2.45, 2.75) is 6.92 Å². The van der Waals surface area contributed by atoms with Gasteiger partial charge in [0.1, 0.15) is 5.75 Å². The Balaban J connectivity index is 1.94. The number of Topliss-reactive ketones (excluding diaryl/α,β-unsaturated/α-hetero) is 1. The first-order valence-electron chi connectivity index (χ1n) is 6.44. The smallest absolute Gasteiger partial charge is 0.262 e. The molecule has 1 N–H and O–H groups in total. The summed E-state index contributed by atoms with van der Waals surface area (Å²) >= 11 is 11.7. The normalized spacial score (nSPS) is 10.1. The van der Waals surface area contributed by atoms with Crippen LogP contribution in [-0.2, 0) is 4.79 Å². The van der Waals surface area contributed by atoms with Crippen LogP contribution in [0, 0.1) is 0 Å². The first kappa shape index (κ1) is 16.3. The molecular weight excluding hydrogens is 325 g/mol. The first-order valence-corrected chi connectivity index (χ1v) is 7.20. The average Bonchev–Trinajstić information content (AvgIpc) is 2.49. The quantitative estimate of drug-likeness (QED) is 0.831. The summed E-state index contributed by atoms with van der Waals surface area (Å²) in [4.78, 5) is 23.1. The number of amides is 1. The molecule has 114 valence electrons. The van der Waals surface area contributed by atoms with Gasteiger partial charge in [0.05, 0.1) is 10.0 Å². The van der Waals surface area contributed by atoms with Gasteiger partial charge >= 0.3 is 0 Å². The van der Waals surface area contributed by atoms with Gasteiger partial charge in [-0.1, -0.05) is 35.3 Å². The third-order valence-electron chi connectivity index (χ3n) is 2.81. The Morgan fingerprint density at radius 1 is 1.09 bits per heavy atom. The molecule has 4 nitrogen and oxygen atoms in total. The number of anilines is 1. The Morgan fingerprint density at radius 3 is 2.55 bits per heavy atom. The van der Waals surface area contributed by atoms with E-state index in [-0.39, 0.29) is 18.3 Å². The molecule has 0 saturated heterocycles. The van der Waals surface area contributed by atoms with Crippen molar-refractivity contribution in [1.82, 2.24) is 0 Å². The lowest BCUT2D eigenvalue weighted by atomic mass is 10.1. The van der Waals surface area contributed by atoms with E-state index in [2.05, 4.69) is 5.32 Å². The topological polar surface area (TPSA) is 55.4 Å². The number of ketones is 1. The van der Waals surface area contributed by atoms with Gasteiger partial charge in [-0.05, 0) is 37.3 Å². The zero-order valence-corrected chi connectivity index (χ0v) is 13.2. The number of hydrogen-bond donors (Lipinski definition) is 1. The maximum atomic E-state index is 11.8. The van der Waals surface area contributed by atoms with Crippen LogP contribution in [0.1, 0.15) is 17.3 Å². The van der Waals surface area contributed by atoms with Gasteiger partial charge in [-0.15, -0.1) is 0 Å². The molecule has 0 fully saturated rings. The highest BCUT2D eigenvalue weighted by Gasteiger charge is 2.07. The Hall–Kier alpha value is -2.04. The van der Waals surface area contributed by atoms with E-state index in [0.717, 1.165) is 0 Å². The van der Waals surface area contributed by atoms with E-state index >= 15 is 0 Å². The van der Waals surface area contributed by atoms with Crippen molar-refractivity contribution < 1.29 is 14.3 Å². The molecule has 0 saturated carbocycles. The Morgan fingerprint density at radius 2 is 1.86 bits per heavy atom. The second kappa shape index (κ2) is 7.29. The van der Waals surface area contributed by atoms with E-state index in [1.807, 2.05) is 0 Å². The van der Waals surface area contributed by atoms with Crippen LogP contribution in [0.15, 0.2) is 42.5 Å². The summed E-state index contributed by atoms with van der Waals surface area (Å²) in [7, 11) is 0. The van der Waals surface area contributed by atoms with Gasteiger partial charge < -0.3 is 10.1 Å². The number of carbonyl (C=O) groups excluding carboxylic acids is 2. The zero-order chi connectivity index (χ0) is 16.1. The van der Waals surface area contributed by atoms with E-state index in [1.165, 1.54) is 6.92 Å². The number of hydrogen-bond acceptors (Lipinski definition) is 3. The molecule has 0 spiro atoms. The highest BCUT2D eigenvalue weighted by Crippen LogP contribution is 2.25. The van der Waals surface area contributed by atoms with E-state index < -0.39 is 0 Å². The number of ether oxygens (including phenoxy) is 1. The Kier molecular flexibility index (Phi) is 5.41. The molecule has 2 aromatic carbocycles. The van der Waals surface area contributed by atoms with Gasteiger partial charge in [0.15, 0.2) is 12.4 Å². The second-order valence-corrected chi connectivity index (χ2v) is 5.36. The van der Waals surface area contributed by atoms with Crippen LogP contribution < -0.4 is 10.1 Å². The number of nitrogens with one attached hydrogen (secondary N) is 1. The average molecular weight is 338 g/mol. The van der Waals surface area contributed by atoms with E-state index in [4.69, 9.17) is 27.9 Å². The summed E-state index contributed by atoms with van der Waals surface area (Å²) in [6.07, 6.45) is 0. The number of rotatable bonds is 5. The highest BCUT2D eigenvalue weighted by molar-refractivity contribution is 6.42. The lowest BCUT2D eigenvalue weighted by molar-refractivity contribution is -0.118. The third-order valence-corrected chi connectivity index (χ3v) is 3.55. The molecule has 22 heavy (non-hydrogen) atoms. The van der Waals surface area contributed by atoms with Crippen molar-refractivity contribution in [1.29, 1.82) is 0 Å². The minimum Gasteiger partial charge on any atom is -0.484 e. The molecule has 2 rings (SSSR count). The van der Waals surface area contributed by atoms with Crippen molar-refractivity contribution in [2.75, 3.05) is 11.9 Å². The Labute approximate surface area is 138 Å². The predicted octanol–water partition coefficient (Wildman–Crippen LogP) is 4.21. The lowest BCUT2D eigenvalue weighted by Gasteiger charge is -2.09. The van der Waals surface area contributed by atoms with E-state index in [1.54, 1.807) is 42.5 Å². The van der Waals surface area contributed by atoms with Gasteiger partial charge in [0.2, 0.25) is 0 Å². The fourth-order valence-electron chi connectivity index (χ4n) is 1.72. The van der Waals surface area contributed by atoms with Gasteiger partial charge in [-0.3, -0.25) is 9.59 Å². The van der Waals surface area contributed by atoms with Crippen LogP contribution >= 0.6 is 23.2 Å². The molecule has 0 atom stereocenters. The molecule has 0 aliphatic carbocycles. The van der Waals surface area contributed by atoms with E-state index in [0.29, 0.717) is 27.0 Å². The van der Waals surface area contributed by atoms with Crippen LogP contribution in [0.5, 0.6) is 5.75 Å². The minimum absolute atomic E-state index is 0.0642. The zero-order valence-electron chi connectivity index (χ0n) is 11.7. The maximum Gasteiger partial charge on any atom is 0.262 e. The van der Waals surface area contributed by atoms with Crippen molar-refractivity contribution in [2.24, 2.45) is 0 Å². The van der Waals surface area contributed by atoms with Gasteiger partial charge in [0, 0.05) is 11.3 Å². The second-order valence-electron chi connectivity index (χ2n) is 4.55. The molecule has 0 radical (unpaired) electrons. The molecule has 0 aliphatic heterocycles. The molecule has 0 aromatic heterocycles. The molecular formula is C16H13Cl2NO3. The number of carbonyl (C=O) groups is 2. The molecule has 0 unspecified atom stereocenters. The minimum atomic E-state index is -0.341. The maximum absolute atomic E-state index is 11.8. The summed E-state index contributed by atoms with van der Waals surface area (Å²) in [5, 5.41) is 3.41. The van der Waals surface area contributed by atoms with Crippen molar-refractivity contribution in [3.8, 4) is 5.75 Å². The summed E-state index contributed by atoms with van der Waals surface area (Å²) < 4.78 is 5.36. The SMILES string of the molecule is CC(=O)c1cccc(OCC(=O)Nc2ccc(Cl)c(Cl)c2)c1. The van der Waals surface area contributed by atoms with Gasteiger partial charge in [-0.2, -0.15) is 0 Å².